The molecule has 184 valence electrons. The number of halogens is 2. The van der Waals surface area contributed by atoms with Crippen molar-refractivity contribution in [1.29, 1.82) is 0 Å². The summed E-state index contributed by atoms with van der Waals surface area (Å²) in [4.78, 5) is 29.5. The van der Waals surface area contributed by atoms with E-state index in [1.54, 1.807) is 42.6 Å². The molecule has 1 aliphatic heterocycles. The summed E-state index contributed by atoms with van der Waals surface area (Å²) in [7, 11) is 0. The Bertz CT molecular complexity index is 1250. The molecule has 2 amide bonds. The number of anilines is 1. The third-order valence-corrected chi connectivity index (χ3v) is 8.35. The van der Waals surface area contributed by atoms with E-state index in [-0.39, 0.29) is 17.3 Å². The van der Waals surface area contributed by atoms with Crippen molar-refractivity contribution in [3.05, 3.63) is 55.5 Å². The fourth-order valence-electron chi connectivity index (χ4n) is 3.77. The lowest BCUT2D eigenvalue weighted by molar-refractivity contribution is 0.0952. The number of hydrogen-bond donors (Lipinski definition) is 2. The Hall–Kier alpha value is -2.43. The van der Waals surface area contributed by atoms with E-state index in [0.29, 0.717) is 36.8 Å². The van der Waals surface area contributed by atoms with Crippen molar-refractivity contribution >= 4 is 69.6 Å². The lowest BCUT2D eigenvalue weighted by atomic mass is 10.1. The molecule has 0 aliphatic carbocycles. The molecule has 0 bridgehead atoms. The van der Waals surface area contributed by atoms with Gasteiger partial charge < -0.3 is 15.3 Å². The van der Waals surface area contributed by atoms with Crippen molar-refractivity contribution in [2.45, 2.75) is 19.8 Å². The molecule has 1 fully saturated rings. The maximum absolute atomic E-state index is 13.3. The molecule has 3 aromatic rings. The molecule has 0 saturated carbocycles. The summed E-state index contributed by atoms with van der Waals surface area (Å²) in [5, 5.41) is 21.6. The normalized spacial score (nSPS) is 14.0. The summed E-state index contributed by atoms with van der Waals surface area (Å²) in [5.41, 5.74) is 0.911. The molecule has 0 radical (unpaired) electrons. The Morgan fingerprint density at radius 2 is 1.91 bits per heavy atom. The predicted molar refractivity (Wildman–Crippen MR) is 145 cm³/mol. The van der Waals surface area contributed by atoms with Crippen LogP contribution in [0.5, 0.6) is 5.75 Å². The number of benzene rings is 1. The minimum absolute atomic E-state index is 0.0937. The number of amides is 2. The van der Waals surface area contributed by atoms with Crippen LogP contribution in [0.4, 0.5) is 5.69 Å². The number of aromatic hydroxyl groups is 1. The van der Waals surface area contributed by atoms with Crippen LogP contribution in [0.15, 0.2) is 40.8 Å². The Labute approximate surface area is 221 Å². The molecular formula is C24H24Cl2N4O3S2. The Morgan fingerprint density at radius 1 is 1.17 bits per heavy atom. The lowest BCUT2D eigenvalue weighted by Crippen LogP contribution is -2.33. The molecule has 2 N–H and O–H groups in total. The Balaban J connectivity index is 1.49. The summed E-state index contributed by atoms with van der Waals surface area (Å²) in [6.07, 6.45) is 3.87. The van der Waals surface area contributed by atoms with Crippen LogP contribution in [-0.4, -0.2) is 54.2 Å². The van der Waals surface area contributed by atoms with Crippen LogP contribution < -0.4 is 10.3 Å². The van der Waals surface area contributed by atoms with Crippen molar-refractivity contribution in [3.8, 4) is 16.2 Å². The molecule has 4 rings (SSSR count). The van der Waals surface area contributed by atoms with Gasteiger partial charge in [-0.3, -0.25) is 9.59 Å². The number of carbonyl (C=O) groups excluding carboxylic acids is 2. The topological polar surface area (TPSA) is 85.2 Å². The first-order chi connectivity index (χ1) is 16.9. The second-order valence-corrected chi connectivity index (χ2v) is 10.7. The summed E-state index contributed by atoms with van der Waals surface area (Å²) in [5.74, 6) is -0.749. The highest BCUT2D eigenvalue weighted by Gasteiger charge is 2.26. The summed E-state index contributed by atoms with van der Waals surface area (Å²) in [6, 6.07) is 8.28. The average Bonchev–Trinajstić information content (AvgIpc) is 3.60. The van der Waals surface area contributed by atoms with E-state index in [0.717, 1.165) is 36.0 Å². The monoisotopic (exact) mass is 550 g/mol. The van der Waals surface area contributed by atoms with E-state index in [2.05, 4.69) is 15.3 Å². The van der Waals surface area contributed by atoms with E-state index < -0.39 is 5.91 Å². The molecular weight excluding hydrogens is 527 g/mol. The molecule has 0 atom stereocenters. The average molecular weight is 552 g/mol. The van der Waals surface area contributed by atoms with E-state index in [1.165, 1.54) is 30.4 Å². The zero-order chi connectivity index (χ0) is 24.9. The molecule has 0 spiro atoms. The van der Waals surface area contributed by atoms with Gasteiger partial charge in [0.2, 0.25) is 0 Å². The summed E-state index contributed by atoms with van der Waals surface area (Å²) in [6.45, 7) is 5.21. The van der Waals surface area contributed by atoms with Gasteiger partial charge in [-0.25, -0.2) is 0 Å². The zero-order valence-electron chi connectivity index (χ0n) is 19.0. The molecule has 11 heteroatoms. The van der Waals surface area contributed by atoms with Crippen molar-refractivity contribution in [1.82, 2.24) is 10.2 Å². The first kappa shape index (κ1) is 25.7. The third kappa shape index (κ3) is 5.87. The van der Waals surface area contributed by atoms with E-state index >= 15 is 0 Å². The van der Waals surface area contributed by atoms with Gasteiger partial charge in [-0.15, -0.1) is 22.7 Å². The Kier molecular flexibility index (Phi) is 8.46. The smallest absolute Gasteiger partial charge is 0.288 e. The van der Waals surface area contributed by atoms with Gasteiger partial charge in [0.05, 0.1) is 24.7 Å². The zero-order valence-corrected chi connectivity index (χ0v) is 22.1. The largest absolute Gasteiger partial charge is 0.504 e. The molecule has 1 aromatic carbocycles. The van der Waals surface area contributed by atoms with Crippen LogP contribution in [0.3, 0.4) is 0 Å². The molecule has 35 heavy (non-hydrogen) atoms. The number of rotatable bonds is 8. The fraction of sp³-hybridized carbons (Fsp3) is 0.292. The molecule has 7 nitrogen and oxygen atoms in total. The van der Waals surface area contributed by atoms with Crippen molar-refractivity contribution in [2.75, 3.05) is 31.2 Å². The van der Waals surface area contributed by atoms with Crippen LogP contribution in [0, 0.1) is 0 Å². The van der Waals surface area contributed by atoms with Gasteiger partial charge in [0.15, 0.2) is 5.75 Å². The summed E-state index contributed by atoms with van der Waals surface area (Å²) >= 11 is 14.5. The number of nitrogens with zero attached hydrogens (tertiary/aromatic N) is 3. The Morgan fingerprint density at radius 3 is 2.63 bits per heavy atom. The third-order valence-electron chi connectivity index (χ3n) is 5.53. The molecule has 3 heterocycles. The number of hydrogen-bond acceptors (Lipinski definition) is 7. The van der Waals surface area contributed by atoms with Crippen LogP contribution in [-0.2, 0) is 0 Å². The molecule has 1 aliphatic rings. The minimum atomic E-state index is -0.446. The minimum Gasteiger partial charge on any atom is -0.504 e. The van der Waals surface area contributed by atoms with Crippen molar-refractivity contribution < 1.29 is 14.7 Å². The highest BCUT2D eigenvalue weighted by atomic mass is 35.5. The van der Waals surface area contributed by atoms with Crippen LogP contribution in [0.2, 0.25) is 10.0 Å². The van der Waals surface area contributed by atoms with Gasteiger partial charge >= 0.3 is 0 Å². The molecule has 2 aromatic heterocycles. The highest BCUT2D eigenvalue weighted by molar-refractivity contribution is 7.16. The first-order valence-corrected chi connectivity index (χ1v) is 13.5. The van der Waals surface area contributed by atoms with E-state index in [9.17, 15) is 14.7 Å². The SMILES string of the molecule is CC=NN(C(=O)c1ccc(C(=O)NCCN2CCCC2)s1)c1csc(-c2ccc(Cl)c(Cl)c2)c1O. The molecule has 1 saturated heterocycles. The van der Waals surface area contributed by atoms with Gasteiger partial charge in [-0.2, -0.15) is 10.1 Å². The number of likely N-dealkylation sites (tertiary alicyclic amines) is 1. The predicted octanol–water partition coefficient (Wildman–Crippen LogP) is 5.97. The number of hydrazone groups is 1. The maximum atomic E-state index is 13.3. The standard InChI is InChI=1S/C24H24Cl2N4O3S2/c1-2-28-30(18-14-34-22(21(18)31)15-5-6-16(25)17(26)13-15)24(33)20-8-7-19(35-20)23(32)27-9-12-29-10-3-4-11-29/h2,5-8,13-14,31H,3-4,9-12H2,1H3,(H,27,32). The van der Waals surface area contributed by atoms with Crippen LogP contribution >= 0.6 is 45.9 Å². The van der Waals surface area contributed by atoms with Gasteiger partial charge in [0, 0.05) is 24.7 Å². The second kappa shape index (κ2) is 11.5. The van der Waals surface area contributed by atoms with Crippen LogP contribution in [0.1, 0.15) is 39.1 Å². The first-order valence-electron chi connectivity index (χ1n) is 11.1. The summed E-state index contributed by atoms with van der Waals surface area (Å²) < 4.78 is 0. The van der Waals surface area contributed by atoms with Crippen molar-refractivity contribution in [2.24, 2.45) is 5.10 Å². The van der Waals surface area contributed by atoms with Crippen molar-refractivity contribution in [3.63, 3.8) is 0 Å². The van der Waals surface area contributed by atoms with Crippen LogP contribution in [0.25, 0.3) is 10.4 Å². The number of thiophene rings is 2. The van der Waals surface area contributed by atoms with E-state index in [4.69, 9.17) is 23.2 Å². The second-order valence-electron chi connectivity index (χ2n) is 7.89. The fourth-order valence-corrected chi connectivity index (χ4v) is 5.84. The van der Waals surface area contributed by atoms with Gasteiger partial charge in [0.1, 0.15) is 5.69 Å². The van der Waals surface area contributed by atoms with Gasteiger partial charge in [0.25, 0.3) is 11.8 Å². The number of carbonyl (C=O) groups is 2. The molecule has 0 unspecified atom stereocenters. The highest BCUT2D eigenvalue weighted by Crippen LogP contribution is 2.45. The number of nitrogens with one attached hydrogen (secondary N) is 1. The van der Waals surface area contributed by atoms with Gasteiger partial charge in [-0.05, 0) is 62.7 Å². The van der Waals surface area contributed by atoms with Gasteiger partial charge in [-0.1, -0.05) is 29.3 Å². The maximum Gasteiger partial charge on any atom is 0.288 e. The lowest BCUT2D eigenvalue weighted by Gasteiger charge is -2.15. The quantitative estimate of drug-likeness (QED) is 0.267. The van der Waals surface area contributed by atoms with E-state index in [1.807, 2.05) is 0 Å².